The van der Waals surface area contributed by atoms with Crippen LogP contribution in [0.3, 0.4) is 0 Å². The number of carbonyl (C=O) groups excluding carboxylic acids is 1. The van der Waals surface area contributed by atoms with Crippen molar-refractivity contribution in [3.05, 3.63) is 94.4 Å². The van der Waals surface area contributed by atoms with Gasteiger partial charge < -0.3 is 4.90 Å². The van der Waals surface area contributed by atoms with E-state index in [9.17, 15) is 9.59 Å². The second kappa shape index (κ2) is 8.86. The third-order valence-electron chi connectivity index (χ3n) is 5.53. The molecule has 0 radical (unpaired) electrons. The van der Waals surface area contributed by atoms with Crippen molar-refractivity contribution in [3.8, 4) is 5.69 Å². The Balaban J connectivity index is 1.61. The number of nitrogens with zero attached hydrogens (tertiary/aromatic N) is 3. The summed E-state index contributed by atoms with van der Waals surface area (Å²) in [6, 6.07) is 22.6. The third kappa shape index (κ3) is 4.45. The van der Waals surface area contributed by atoms with Gasteiger partial charge in [0.1, 0.15) is 5.69 Å². The van der Waals surface area contributed by atoms with Gasteiger partial charge in [-0.05, 0) is 43.0 Å². The number of rotatable bonds is 6. The summed E-state index contributed by atoms with van der Waals surface area (Å²) in [6.45, 7) is 0.652. The minimum absolute atomic E-state index is 0.0995. The van der Waals surface area contributed by atoms with Crippen molar-refractivity contribution in [1.29, 1.82) is 0 Å². The molecule has 0 saturated heterocycles. The fourth-order valence-corrected chi connectivity index (χ4v) is 3.99. The van der Waals surface area contributed by atoms with Crippen LogP contribution >= 0.6 is 0 Å². The van der Waals surface area contributed by atoms with Crippen molar-refractivity contribution in [2.45, 2.75) is 38.1 Å². The smallest absolute Gasteiger partial charge is 0.274 e. The van der Waals surface area contributed by atoms with Crippen LogP contribution in [0, 0.1) is 0 Å². The average molecular weight is 387 g/mol. The summed E-state index contributed by atoms with van der Waals surface area (Å²) in [7, 11) is 0. The van der Waals surface area contributed by atoms with Gasteiger partial charge in [0.15, 0.2) is 0 Å². The number of aromatic nitrogens is 2. The molecule has 5 nitrogen and oxygen atoms in total. The number of hydrogen-bond acceptors (Lipinski definition) is 3. The molecule has 0 spiro atoms. The van der Waals surface area contributed by atoms with Gasteiger partial charge in [-0.25, -0.2) is 0 Å². The van der Waals surface area contributed by atoms with E-state index in [-0.39, 0.29) is 17.5 Å². The maximum absolute atomic E-state index is 13.4. The summed E-state index contributed by atoms with van der Waals surface area (Å²) >= 11 is 0. The van der Waals surface area contributed by atoms with E-state index < -0.39 is 0 Å². The van der Waals surface area contributed by atoms with Crippen LogP contribution in [-0.4, -0.2) is 33.2 Å². The molecule has 1 amide bonds. The van der Waals surface area contributed by atoms with Crippen molar-refractivity contribution in [3.63, 3.8) is 0 Å². The highest BCUT2D eigenvalue weighted by atomic mass is 16.2. The van der Waals surface area contributed by atoms with Gasteiger partial charge in [0.05, 0.1) is 5.69 Å². The molecule has 1 aromatic heterocycles. The molecule has 5 heteroatoms. The lowest BCUT2D eigenvalue weighted by atomic mass is 10.1. The summed E-state index contributed by atoms with van der Waals surface area (Å²) in [5, 5.41) is 4.40. The highest BCUT2D eigenvalue weighted by Crippen LogP contribution is 2.25. The average Bonchev–Trinajstić information content (AvgIpc) is 3.30. The molecule has 1 aliphatic rings. The Hall–Kier alpha value is -3.21. The van der Waals surface area contributed by atoms with Gasteiger partial charge in [-0.15, -0.1) is 0 Å². The predicted octanol–water partition coefficient (Wildman–Crippen LogP) is 3.86. The SMILES string of the molecule is O=C(c1ccc(=O)n(-c2ccccc2)n1)N(CCc1ccccc1)C1CCCC1. The van der Waals surface area contributed by atoms with E-state index in [1.54, 1.807) is 6.07 Å². The first-order valence-corrected chi connectivity index (χ1v) is 10.2. The van der Waals surface area contributed by atoms with Crippen molar-refractivity contribution in [2.75, 3.05) is 6.54 Å². The van der Waals surface area contributed by atoms with E-state index in [2.05, 4.69) is 17.2 Å². The molecule has 1 saturated carbocycles. The highest BCUT2D eigenvalue weighted by Gasteiger charge is 2.28. The van der Waals surface area contributed by atoms with Crippen LogP contribution in [0.4, 0.5) is 0 Å². The molecular weight excluding hydrogens is 362 g/mol. The van der Waals surface area contributed by atoms with E-state index in [1.165, 1.54) is 16.3 Å². The first kappa shape index (κ1) is 19.1. The zero-order valence-electron chi connectivity index (χ0n) is 16.4. The molecule has 2 aromatic carbocycles. The van der Waals surface area contributed by atoms with Crippen molar-refractivity contribution < 1.29 is 4.79 Å². The van der Waals surface area contributed by atoms with Crippen LogP contribution in [0.1, 0.15) is 41.7 Å². The molecule has 0 bridgehead atoms. The second-order valence-corrected chi connectivity index (χ2v) is 7.48. The molecular formula is C24H25N3O2. The van der Waals surface area contributed by atoms with Crippen LogP contribution in [-0.2, 0) is 6.42 Å². The summed E-state index contributed by atoms with van der Waals surface area (Å²) in [5.41, 5.74) is 1.94. The Labute approximate surface area is 170 Å². The maximum Gasteiger partial charge on any atom is 0.274 e. The first-order valence-electron chi connectivity index (χ1n) is 10.2. The molecule has 0 aliphatic heterocycles. The minimum Gasteiger partial charge on any atom is -0.334 e. The molecule has 0 unspecified atom stereocenters. The van der Waals surface area contributed by atoms with E-state index in [0.717, 1.165) is 32.1 Å². The monoisotopic (exact) mass is 387 g/mol. The summed E-state index contributed by atoms with van der Waals surface area (Å²) < 4.78 is 1.30. The van der Waals surface area contributed by atoms with Gasteiger partial charge in [-0.1, -0.05) is 61.4 Å². The van der Waals surface area contributed by atoms with Crippen molar-refractivity contribution >= 4 is 5.91 Å². The quantitative estimate of drug-likeness (QED) is 0.645. The Bertz CT molecular complexity index is 1010. The maximum atomic E-state index is 13.4. The summed E-state index contributed by atoms with van der Waals surface area (Å²) in [4.78, 5) is 27.7. The molecule has 4 rings (SSSR count). The second-order valence-electron chi connectivity index (χ2n) is 7.48. The van der Waals surface area contributed by atoms with Crippen molar-refractivity contribution in [2.24, 2.45) is 0 Å². The van der Waals surface area contributed by atoms with Gasteiger partial charge in [0.25, 0.3) is 11.5 Å². The van der Waals surface area contributed by atoms with Crippen LogP contribution < -0.4 is 5.56 Å². The lowest BCUT2D eigenvalue weighted by molar-refractivity contribution is 0.0676. The number of hydrogen-bond donors (Lipinski definition) is 0. The Kier molecular flexibility index (Phi) is 5.84. The minimum atomic E-state index is -0.246. The molecule has 0 atom stereocenters. The van der Waals surface area contributed by atoms with Gasteiger partial charge in [0.2, 0.25) is 0 Å². The molecule has 29 heavy (non-hydrogen) atoms. The van der Waals surface area contributed by atoms with Gasteiger partial charge in [0, 0.05) is 18.7 Å². The lowest BCUT2D eigenvalue weighted by Gasteiger charge is -2.29. The summed E-state index contributed by atoms with van der Waals surface area (Å²) in [6.07, 6.45) is 5.16. The summed E-state index contributed by atoms with van der Waals surface area (Å²) in [5.74, 6) is -0.0995. The molecule has 148 valence electrons. The highest BCUT2D eigenvalue weighted by molar-refractivity contribution is 5.92. The zero-order chi connectivity index (χ0) is 20.1. The Morgan fingerprint density at radius 2 is 1.59 bits per heavy atom. The van der Waals surface area contributed by atoms with Crippen LogP contribution in [0.5, 0.6) is 0 Å². The lowest BCUT2D eigenvalue weighted by Crippen LogP contribution is -2.41. The predicted molar refractivity (Wildman–Crippen MR) is 113 cm³/mol. The Morgan fingerprint density at radius 3 is 2.28 bits per heavy atom. The first-order chi connectivity index (χ1) is 14.2. The van der Waals surface area contributed by atoms with E-state index in [0.29, 0.717) is 17.9 Å². The topological polar surface area (TPSA) is 55.2 Å². The van der Waals surface area contributed by atoms with Gasteiger partial charge in [-0.3, -0.25) is 9.59 Å². The van der Waals surface area contributed by atoms with E-state index in [1.807, 2.05) is 53.4 Å². The van der Waals surface area contributed by atoms with Gasteiger partial charge in [-0.2, -0.15) is 9.78 Å². The van der Waals surface area contributed by atoms with Crippen molar-refractivity contribution in [1.82, 2.24) is 14.7 Å². The fraction of sp³-hybridized carbons (Fsp3) is 0.292. The molecule has 1 fully saturated rings. The third-order valence-corrected chi connectivity index (χ3v) is 5.53. The number of carbonyl (C=O) groups is 1. The Morgan fingerprint density at radius 1 is 0.931 bits per heavy atom. The fourth-order valence-electron chi connectivity index (χ4n) is 3.99. The molecule has 1 heterocycles. The van der Waals surface area contributed by atoms with Crippen LogP contribution in [0.25, 0.3) is 5.69 Å². The van der Waals surface area contributed by atoms with E-state index >= 15 is 0 Å². The molecule has 3 aromatic rings. The molecule has 0 N–H and O–H groups in total. The number of benzene rings is 2. The number of para-hydroxylation sites is 1. The zero-order valence-corrected chi connectivity index (χ0v) is 16.4. The standard InChI is InChI=1S/C24H25N3O2/c28-23-16-15-22(25-27(23)21-13-5-2-6-14-21)24(29)26(20-11-7-8-12-20)18-17-19-9-3-1-4-10-19/h1-6,9-10,13-16,20H,7-8,11-12,17-18H2. The molecule has 1 aliphatic carbocycles. The van der Waals surface area contributed by atoms with Gasteiger partial charge >= 0.3 is 0 Å². The van der Waals surface area contributed by atoms with Crippen LogP contribution in [0.15, 0.2) is 77.6 Å². The van der Waals surface area contributed by atoms with E-state index in [4.69, 9.17) is 0 Å². The largest absolute Gasteiger partial charge is 0.334 e. The number of amides is 1. The van der Waals surface area contributed by atoms with Crippen LogP contribution in [0.2, 0.25) is 0 Å². The normalized spacial score (nSPS) is 14.1.